The van der Waals surface area contributed by atoms with Gasteiger partial charge in [-0.05, 0) is 37.6 Å². The molecule has 1 unspecified atom stereocenters. The minimum Gasteiger partial charge on any atom is -0.479 e. The van der Waals surface area contributed by atoms with Gasteiger partial charge in [0.15, 0.2) is 6.10 Å². The van der Waals surface area contributed by atoms with Gasteiger partial charge < -0.3 is 20.7 Å². The van der Waals surface area contributed by atoms with Crippen molar-refractivity contribution in [1.82, 2.24) is 5.32 Å². The van der Waals surface area contributed by atoms with Crippen LogP contribution in [0.15, 0.2) is 42.5 Å². The van der Waals surface area contributed by atoms with Gasteiger partial charge in [0.1, 0.15) is 5.75 Å². The Kier molecular flexibility index (Phi) is 4.37. The van der Waals surface area contributed by atoms with E-state index in [4.69, 9.17) is 4.74 Å². The summed E-state index contributed by atoms with van der Waals surface area (Å²) < 4.78 is 5.48. The van der Waals surface area contributed by atoms with Crippen LogP contribution >= 0.6 is 0 Å². The highest BCUT2D eigenvalue weighted by atomic mass is 16.5. The highest BCUT2D eigenvalue weighted by Gasteiger charge is 2.23. The summed E-state index contributed by atoms with van der Waals surface area (Å²) in [6, 6.07) is 12.8. The second kappa shape index (κ2) is 6.62. The van der Waals surface area contributed by atoms with Crippen molar-refractivity contribution in [2.24, 2.45) is 0 Å². The molecule has 1 aliphatic rings. The number of amides is 3. The van der Waals surface area contributed by atoms with E-state index in [0.29, 0.717) is 23.7 Å². The van der Waals surface area contributed by atoms with Crippen molar-refractivity contribution in [3.8, 4) is 5.75 Å². The molecule has 2 aromatic carbocycles. The molecule has 0 saturated heterocycles. The SMILES string of the molecule is Cc1ccc(CNC(=O)Nc2ccc3c(c2)NC(=O)C(C)O3)cc1. The summed E-state index contributed by atoms with van der Waals surface area (Å²) in [7, 11) is 0. The number of hydrogen-bond donors (Lipinski definition) is 3. The van der Waals surface area contributed by atoms with Gasteiger partial charge in [-0.3, -0.25) is 4.79 Å². The largest absolute Gasteiger partial charge is 0.479 e. The van der Waals surface area contributed by atoms with Gasteiger partial charge in [0, 0.05) is 12.2 Å². The molecule has 1 atom stereocenters. The zero-order valence-corrected chi connectivity index (χ0v) is 13.6. The lowest BCUT2D eigenvalue weighted by atomic mass is 10.1. The normalized spacial score (nSPS) is 15.8. The van der Waals surface area contributed by atoms with Gasteiger partial charge in [-0.1, -0.05) is 29.8 Å². The smallest absolute Gasteiger partial charge is 0.319 e. The van der Waals surface area contributed by atoms with Gasteiger partial charge in [0.2, 0.25) is 0 Å². The van der Waals surface area contributed by atoms with Gasteiger partial charge in [-0.15, -0.1) is 0 Å². The number of hydrogen-bond acceptors (Lipinski definition) is 3. The number of nitrogens with one attached hydrogen (secondary N) is 3. The Morgan fingerprint density at radius 1 is 1.21 bits per heavy atom. The number of benzene rings is 2. The van der Waals surface area contributed by atoms with Crippen molar-refractivity contribution in [3.63, 3.8) is 0 Å². The molecule has 0 fully saturated rings. The van der Waals surface area contributed by atoms with Crippen LogP contribution in [0.4, 0.5) is 16.2 Å². The lowest BCUT2D eigenvalue weighted by molar-refractivity contribution is -0.122. The zero-order valence-electron chi connectivity index (χ0n) is 13.6. The van der Waals surface area contributed by atoms with E-state index < -0.39 is 6.10 Å². The summed E-state index contributed by atoms with van der Waals surface area (Å²) in [5.41, 5.74) is 3.33. The fraction of sp³-hybridized carbons (Fsp3) is 0.222. The van der Waals surface area contributed by atoms with Gasteiger partial charge in [-0.25, -0.2) is 4.79 Å². The van der Waals surface area contributed by atoms with Gasteiger partial charge in [0.05, 0.1) is 5.69 Å². The molecule has 6 heteroatoms. The minimum absolute atomic E-state index is 0.205. The van der Waals surface area contributed by atoms with Crippen LogP contribution in [0, 0.1) is 6.92 Å². The molecule has 1 aliphatic heterocycles. The summed E-state index contributed by atoms with van der Waals surface area (Å²) in [6.45, 7) is 4.14. The van der Waals surface area contributed by atoms with E-state index in [1.54, 1.807) is 25.1 Å². The standard InChI is InChI=1S/C18H19N3O3/c1-11-3-5-13(6-4-11)10-19-18(23)20-14-7-8-16-15(9-14)21-17(22)12(2)24-16/h3-9,12H,10H2,1-2H3,(H,21,22)(H2,19,20,23). The first-order valence-electron chi connectivity index (χ1n) is 7.73. The van der Waals surface area contributed by atoms with Crippen LogP contribution in [0.3, 0.4) is 0 Å². The molecule has 24 heavy (non-hydrogen) atoms. The lowest BCUT2D eigenvalue weighted by Crippen LogP contribution is -2.34. The Hall–Kier alpha value is -3.02. The number of carbonyl (C=O) groups is 2. The van der Waals surface area contributed by atoms with E-state index in [1.165, 1.54) is 5.56 Å². The third-order valence-electron chi connectivity index (χ3n) is 3.74. The number of ether oxygens (including phenoxy) is 1. The molecule has 0 aliphatic carbocycles. The molecular formula is C18H19N3O3. The van der Waals surface area contributed by atoms with Crippen molar-refractivity contribution in [2.45, 2.75) is 26.5 Å². The summed E-state index contributed by atoms with van der Waals surface area (Å²) in [5, 5.41) is 8.29. The Balaban J connectivity index is 1.59. The number of carbonyl (C=O) groups excluding carboxylic acids is 2. The van der Waals surface area contributed by atoms with Crippen LogP contribution in [-0.2, 0) is 11.3 Å². The van der Waals surface area contributed by atoms with Crippen LogP contribution in [0.25, 0.3) is 0 Å². The van der Waals surface area contributed by atoms with Crippen molar-refractivity contribution in [3.05, 3.63) is 53.6 Å². The monoisotopic (exact) mass is 325 g/mol. The fourth-order valence-corrected chi connectivity index (χ4v) is 2.35. The van der Waals surface area contributed by atoms with Crippen LogP contribution in [0.1, 0.15) is 18.1 Å². The predicted molar refractivity (Wildman–Crippen MR) is 92.2 cm³/mol. The predicted octanol–water partition coefficient (Wildman–Crippen LogP) is 3.04. The molecule has 0 spiro atoms. The molecule has 3 rings (SSSR count). The van der Waals surface area contributed by atoms with Crippen LogP contribution < -0.4 is 20.7 Å². The average Bonchev–Trinajstić information content (AvgIpc) is 2.56. The minimum atomic E-state index is -0.519. The number of anilines is 2. The topological polar surface area (TPSA) is 79.5 Å². The Bertz CT molecular complexity index is 772. The van der Waals surface area contributed by atoms with E-state index >= 15 is 0 Å². The summed E-state index contributed by atoms with van der Waals surface area (Å²) in [4.78, 5) is 23.6. The van der Waals surface area contributed by atoms with Crippen molar-refractivity contribution >= 4 is 23.3 Å². The number of urea groups is 1. The molecule has 3 N–H and O–H groups in total. The van der Waals surface area contributed by atoms with Crippen molar-refractivity contribution in [2.75, 3.05) is 10.6 Å². The zero-order chi connectivity index (χ0) is 17.1. The summed E-state index contributed by atoms with van der Waals surface area (Å²) in [5.74, 6) is 0.385. The fourth-order valence-electron chi connectivity index (χ4n) is 2.35. The average molecular weight is 325 g/mol. The summed E-state index contributed by atoms with van der Waals surface area (Å²) >= 11 is 0. The molecule has 124 valence electrons. The van der Waals surface area contributed by atoms with E-state index in [2.05, 4.69) is 16.0 Å². The maximum atomic E-state index is 12.0. The van der Waals surface area contributed by atoms with Gasteiger partial charge >= 0.3 is 6.03 Å². The number of aryl methyl sites for hydroxylation is 1. The maximum absolute atomic E-state index is 12.0. The highest BCUT2D eigenvalue weighted by molar-refractivity contribution is 5.99. The summed E-state index contributed by atoms with van der Waals surface area (Å²) in [6.07, 6.45) is -0.519. The molecular weight excluding hydrogens is 306 g/mol. The third-order valence-corrected chi connectivity index (χ3v) is 3.74. The first-order valence-corrected chi connectivity index (χ1v) is 7.73. The Morgan fingerprint density at radius 3 is 2.71 bits per heavy atom. The second-order valence-corrected chi connectivity index (χ2v) is 5.75. The van der Waals surface area contributed by atoms with Gasteiger partial charge in [0.25, 0.3) is 5.91 Å². The third kappa shape index (κ3) is 3.65. The van der Waals surface area contributed by atoms with Crippen molar-refractivity contribution < 1.29 is 14.3 Å². The molecule has 0 bridgehead atoms. The molecule has 1 heterocycles. The second-order valence-electron chi connectivity index (χ2n) is 5.75. The maximum Gasteiger partial charge on any atom is 0.319 e. The molecule has 3 amide bonds. The molecule has 6 nitrogen and oxygen atoms in total. The first-order chi connectivity index (χ1) is 11.5. The molecule has 2 aromatic rings. The number of fused-ring (bicyclic) bond motifs is 1. The van der Waals surface area contributed by atoms with E-state index in [9.17, 15) is 9.59 Å². The van der Waals surface area contributed by atoms with Gasteiger partial charge in [-0.2, -0.15) is 0 Å². The van der Waals surface area contributed by atoms with E-state index in [-0.39, 0.29) is 11.9 Å². The first kappa shape index (κ1) is 15.9. The van der Waals surface area contributed by atoms with Crippen molar-refractivity contribution in [1.29, 1.82) is 0 Å². The molecule has 0 radical (unpaired) electrons. The molecule has 0 saturated carbocycles. The van der Waals surface area contributed by atoms with Crippen LogP contribution in [0.5, 0.6) is 5.75 Å². The number of rotatable bonds is 3. The highest BCUT2D eigenvalue weighted by Crippen LogP contribution is 2.32. The lowest BCUT2D eigenvalue weighted by Gasteiger charge is -2.23. The quantitative estimate of drug-likeness (QED) is 0.811. The Morgan fingerprint density at radius 2 is 1.96 bits per heavy atom. The van der Waals surface area contributed by atoms with Crippen LogP contribution in [0.2, 0.25) is 0 Å². The Labute approximate surface area is 140 Å². The van der Waals surface area contributed by atoms with E-state index in [1.807, 2.05) is 31.2 Å². The van der Waals surface area contributed by atoms with Crippen LogP contribution in [-0.4, -0.2) is 18.0 Å². The van der Waals surface area contributed by atoms with E-state index in [0.717, 1.165) is 5.56 Å². The molecule has 0 aromatic heterocycles.